The standard InChI is InChI=1S/C14H17FO2/c1-14(2,13(16)17)10-6-7-11-9(8-10)4-3-5-12(11)15/h3-5,10H,6-8H2,1-2H3,(H,16,17). The van der Waals surface area contributed by atoms with Gasteiger partial charge in [0.15, 0.2) is 0 Å². The fraction of sp³-hybridized carbons (Fsp3) is 0.500. The maximum absolute atomic E-state index is 13.5. The topological polar surface area (TPSA) is 37.3 Å². The maximum Gasteiger partial charge on any atom is 0.309 e. The second-order valence-corrected chi connectivity index (χ2v) is 5.34. The lowest BCUT2D eigenvalue weighted by atomic mass is 9.69. The lowest BCUT2D eigenvalue weighted by Gasteiger charge is -2.34. The van der Waals surface area contributed by atoms with E-state index in [1.807, 2.05) is 6.07 Å². The van der Waals surface area contributed by atoms with Crippen LogP contribution in [0.25, 0.3) is 0 Å². The molecule has 0 spiro atoms. The molecule has 2 rings (SSSR count). The molecule has 1 aliphatic carbocycles. The molecule has 0 aliphatic heterocycles. The summed E-state index contributed by atoms with van der Waals surface area (Å²) < 4.78 is 13.5. The van der Waals surface area contributed by atoms with E-state index < -0.39 is 11.4 Å². The van der Waals surface area contributed by atoms with Gasteiger partial charge < -0.3 is 5.11 Å². The van der Waals surface area contributed by atoms with Crippen LogP contribution in [-0.4, -0.2) is 11.1 Å². The molecule has 3 heteroatoms. The molecule has 0 fully saturated rings. The average molecular weight is 236 g/mol. The Bertz CT molecular complexity index is 452. The fourth-order valence-corrected chi connectivity index (χ4v) is 2.55. The molecule has 92 valence electrons. The first kappa shape index (κ1) is 12.1. The second kappa shape index (κ2) is 4.13. The van der Waals surface area contributed by atoms with Crippen molar-refractivity contribution in [1.82, 2.24) is 0 Å². The first-order chi connectivity index (χ1) is 7.93. The van der Waals surface area contributed by atoms with Crippen LogP contribution in [0.3, 0.4) is 0 Å². The number of halogens is 1. The quantitative estimate of drug-likeness (QED) is 0.857. The number of hydrogen-bond donors (Lipinski definition) is 1. The van der Waals surface area contributed by atoms with Crippen molar-refractivity contribution in [3.05, 3.63) is 35.1 Å². The molecule has 0 saturated carbocycles. The SMILES string of the molecule is CC(C)(C(=O)O)C1CCc2c(F)cccc2C1. The number of hydrogen-bond acceptors (Lipinski definition) is 1. The highest BCUT2D eigenvalue weighted by Gasteiger charge is 2.38. The van der Waals surface area contributed by atoms with Gasteiger partial charge in [0.05, 0.1) is 5.41 Å². The number of aliphatic carboxylic acids is 1. The minimum absolute atomic E-state index is 0.0781. The Morgan fingerprint density at radius 2 is 2.18 bits per heavy atom. The molecule has 0 aromatic heterocycles. The monoisotopic (exact) mass is 236 g/mol. The highest BCUT2D eigenvalue weighted by atomic mass is 19.1. The minimum Gasteiger partial charge on any atom is -0.481 e. The van der Waals surface area contributed by atoms with Crippen molar-refractivity contribution in [2.75, 3.05) is 0 Å². The van der Waals surface area contributed by atoms with Crippen molar-refractivity contribution in [2.45, 2.75) is 33.1 Å². The number of carboxylic acids is 1. The number of benzene rings is 1. The summed E-state index contributed by atoms with van der Waals surface area (Å²) in [5.74, 6) is -0.856. The predicted octanol–water partition coefficient (Wildman–Crippen LogP) is 3.04. The number of carbonyl (C=O) groups is 1. The molecule has 1 atom stereocenters. The first-order valence-electron chi connectivity index (χ1n) is 5.92. The normalized spacial score (nSPS) is 19.8. The predicted molar refractivity (Wildman–Crippen MR) is 63.3 cm³/mol. The molecule has 0 amide bonds. The Balaban J connectivity index is 2.28. The van der Waals surface area contributed by atoms with Crippen LogP contribution in [-0.2, 0) is 17.6 Å². The third kappa shape index (κ3) is 2.06. The fourth-order valence-electron chi connectivity index (χ4n) is 2.55. The summed E-state index contributed by atoms with van der Waals surface area (Å²) in [5.41, 5.74) is 0.991. The molecule has 0 saturated heterocycles. The van der Waals surface area contributed by atoms with Gasteiger partial charge in [-0.25, -0.2) is 4.39 Å². The van der Waals surface area contributed by atoms with E-state index in [1.165, 1.54) is 6.07 Å². The average Bonchev–Trinajstić information content (AvgIpc) is 2.28. The maximum atomic E-state index is 13.5. The summed E-state index contributed by atoms with van der Waals surface area (Å²) in [5, 5.41) is 9.22. The van der Waals surface area contributed by atoms with Gasteiger partial charge in [0.25, 0.3) is 0 Å². The van der Waals surface area contributed by atoms with Gasteiger partial charge in [-0.05, 0) is 56.2 Å². The smallest absolute Gasteiger partial charge is 0.309 e. The Hall–Kier alpha value is -1.38. The zero-order chi connectivity index (χ0) is 12.6. The zero-order valence-electron chi connectivity index (χ0n) is 10.2. The molecule has 1 aliphatic rings. The Morgan fingerprint density at radius 3 is 2.82 bits per heavy atom. The number of carboxylic acid groups (broad SMARTS) is 1. The molecule has 1 aromatic rings. The van der Waals surface area contributed by atoms with Crippen LogP contribution in [0.4, 0.5) is 4.39 Å². The van der Waals surface area contributed by atoms with Crippen molar-refractivity contribution in [2.24, 2.45) is 11.3 Å². The lowest BCUT2D eigenvalue weighted by Crippen LogP contribution is -2.36. The molecule has 0 bridgehead atoms. The minimum atomic E-state index is -0.776. The highest BCUT2D eigenvalue weighted by Crippen LogP contribution is 2.38. The third-order valence-electron chi connectivity index (χ3n) is 4.00. The summed E-state index contributed by atoms with van der Waals surface area (Å²) >= 11 is 0. The van der Waals surface area contributed by atoms with Gasteiger partial charge in [-0.2, -0.15) is 0 Å². The lowest BCUT2D eigenvalue weighted by molar-refractivity contribution is -0.150. The van der Waals surface area contributed by atoms with Gasteiger partial charge in [-0.15, -0.1) is 0 Å². The van der Waals surface area contributed by atoms with Gasteiger partial charge in [0.2, 0.25) is 0 Å². The van der Waals surface area contributed by atoms with E-state index in [2.05, 4.69) is 0 Å². The van der Waals surface area contributed by atoms with E-state index in [9.17, 15) is 14.3 Å². The molecular formula is C14H17FO2. The Labute approximate surface area is 100 Å². The Morgan fingerprint density at radius 1 is 1.47 bits per heavy atom. The molecule has 17 heavy (non-hydrogen) atoms. The van der Waals surface area contributed by atoms with Crippen LogP contribution in [0.2, 0.25) is 0 Å². The van der Waals surface area contributed by atoms with Crippen molar-refractivity contribution in [3.8, 4) is 0 Å². The Kier molecular flexibility index (Phi) is 2.94. The molecule has 1 aromatic carbocycles. The highest BCUT2D eigenvalue weighted by molar-refractivity contribution is 5.74. The third-order valence-corrected chi connectivity index (χ3v) is 4.00. The molecular weight excluding hydrogens is 219 g/mol. The zero-order valence-corrected chi connectivity index (χ0v) is 10.2. The van der Waals surface area contributed by atoms with E-state index in [1.54, 1.807) is 19.9 Å². The molecule has 1 unspecified atom stereocenters. The van der Waals surface area contributed by atoms with Gasteiger partial charge in [-0.3, -0.25) is 4.79 Å². The first-order valence-corrected chi connectivity index (χ1v) is 5.92. The van der Waals surface area contributed by atoms with Crippen LogP contribution in [0, 0.1) is 17.2 Å². The van der Waals surface area contributed by atoms with Crippen LogP contribution in [0.1, 0.15) is 31.4 Å². The number of rotatable bonds is 2. The summed E-state index contributed by atoms with van der Waals surface area (Å²) in [4.78, 5) is 11.2. The van der Waals surface area contributed by atoms with Gasteiger partial charge >= 0.3 is 5.97 Å². The van der Waals surface area contributed by atoms with Gasteiger partial charge in [0.1, 0.15) is 5.82 Å². The van der Waals surface area contributed by atoms with Crippen LogP contribution in [0.5, 0.6) is 0 Å². The van der Waals surface area contributed by atoms with E-state index in [0.29, 0.717) is 12.8 Å². The molecule has 1 N–H and O–H groups in total. The van der Waals surface area contributed by atoms with Crippen molar-refractivity contribution in [3.63, 3.8) is 0 Å². The van der Waals surface area contributed by atoms with Crippen molar-refractivity contribution in [1.29, 1.82) is 0 Å². The van der Waals surface area contributed by atoms with Crippen molar-refractivity contribution >= 4 is 5.97 Å². The van der Waals surface area contributed by atoms with E-state index in [-0.39, 0.29) is 11.7 Å². The van der Waals surface area contributed by atoms with E-state index >= 15 is 0 Å². The summed E-state index contributed by atoms with van der Waals surface area (Å²) in [6.07, 6.45) is 2.04. The molecule has 0 heterocycles. The van der Waals surface area contributed by atoms with Gasteiger partial charge in [-0.1, -0.05) is 12.1 Å². The number of fused-ring (bicyclic) bond motifs is 1. The summed E-state index contributed by atoms with van der Waals surface area (Å²) in [6.45, 7) is 3.51. The summed E-state index contributed by atoms with van der Waals surface area (Å²) in [7, 11) is 0. The largest absolute Gasteiger partial charge is 0.481 e. The molecule has 0 radical (unpaired) electrons. The van der Waals surface area contributed by atoms with Crippen LogP contribution < -0.4 is 0 Å². The molecule has 2 nitrogen and oxygen atoms in total. The van der Waals surface area contributed by atoms with E-state index in [4.69, 9.17) is 0 Å². The van der Waals surface area contributed by atoms with Crippen LogP contribution >= 0.6 is 0 Å². The summed E-state index contributed by atoms with van der Waals surface area (Å²) in [6, 6.07) is 5.08. The van der Waals surface area contributed by atoms with Crippen LogP contribution in [0.15, 0.2) is 18.2 Å². The second-order valence-electron chi connectivity index (χ2n) is 5.34. The van der Waals surface area contributed by atoms with Gasteiger partial charge in [0, 0.05) is 0 Å². The van der Waals surface area contributed by atoms with E-state index in [0.717, 1.165) is 17.5 Å². The van der Waals surface area contributed by atoms with Crippen molar-refractivity contribution < 1.29 is 14.3 Å².